The molecule has 1 saturated heterocycles. The number of piperidine rings is 1. The molecule has 1 aliphatic carbocycles. The molecule has 0 saturated carbocycles. The number of likely N-dealkylation sites (tertiary alicyclic amines) is 1. The number of benzene rings is 2. The van der Waals surface area contributed by atoms with Gasteiger partial charge in [-0.2, -0.15) is 0 Å². The Labute approximate surface area is 170 Å². The fraction of sp³-hybridized carbons (Fsp3) is 0.333. The Morgan fingerprint density at radius 1 is 1.29 bits per heavy atom. The standard InChI is InChI=1S/C24H25ClN2O/c1-2-10-27-11-9-24(16-5-3-6-18(28)12-16)14-22-20(13-17(24)15-27)19-7-4-8-21(25)23(19)26-22/h2-8,12,17,26,28H,1,9-11,13-15H2. The zero-order chi connectivity index (χ0) is 19.3. The molecule has 0 radical (unpaired) electrons. The predicted octanol–water partition coefficient (Wildman–Crippen LogP) is 5.07. The normalized spacial score (nSPS) is 24.7. The number of phenolic OH excluding ortho intramolecular Hbond substituents is 1. The number of halogens is 1. The van der Waals surface area contributed by atoms with Crippen molar-refractivity contribution in [3.05, 3.63) is 77.0 Å². The van der Waals surface area contributed by atoms with E-state index in [-0.39, 0.29) is 5.41 Å². The van der Waals surface area contributed by atoms with Crippen LogP contribution in [0.5, 0.6) is 5.75 Å². The van der Waals surface area contributed by atoms with Gasteiger partial charge in [-0.15, -0.1) is 6.58 Å². The number of para-hydroxylation sites is 1. The van der Waals surface area contributed by atoms with Crippen LogP contribution in [0.2, 0.25) is 5.02 Å². The molecule has 2 N–H and O–H groups in total. The van der Waals surface area contributed by atoms with Crippen molar-refractivity contribution in [1.29, 1.82) is 0 Å². The molecule has 0 bridgehead atoms. The van der Waals surface area contributed by atoms with Crippen LogP contribution in [0.4, 0.5) is 0 Å². The van der Waals surface area contributed by atoms with E-state index in [4.69, 9.17) is 11.6 Å². The molecule has 5 rings (SSSR count). The monoisotopic (exact) mass is 392 g/mol. The van der Waals surface area contributed by atoms with E-state index in [1.54, 1.807) is 6.07 Å². The van der Waals surface area contributed by atoms with Gasteiger partial charge in [0.25, 0.3) is 0 Å². The zero-order valence-electron chi connectivity index (χ0n) is 15.9. The maximum Gasteiger partial charge on any atom is 0.115 e. The minimum absolute atomic E-state index is 0.0385. The van der Waals surface area contributed by atoms with E-state index >= 15 is 0 Å². The first-order valence-corrected chi connectivity index (χ1v) is 10.4. The van der Waals surface area contributed by atoms with Crippen LogP contribution < -0.4 is 0 Å². The number of nitrogens with one attached hydrogen (secondary N) is 1. The summed E-state index contributed by atoms with van der Waals surface area (Å²) in [5, 5.41) is 12.2. The lowest BCUT2D eigenvalue weighted by Crippen LogP contribution is -2.53. The molecule has 2 aliphatic rings. The summed E-state index contributed by atoms with van der Waals surface area (Å²) in [5.74, 6) is 0.845. The number of nitrogens with zero attached hydrogens (tertiary/aromatic N) is 1. The van der Waals surface area contributed by atoms with Crippen molar-refractivity contribution in [3.63, 3.8) is 0 Å². The first-order chi connectivity index (χ1) is 13.6. The highest BCUT2D eigenvalue weighted by Gasteiger charge is 2.48. The molecule has 2 heterocycles. The fourth-order valence-corrected chi connectivity index (χ4v) is 5.74. The van der Waals surface area contributed by atoms with Crippen molar-refractivity contribution in [3.8, 4) is 5.75 Å². The molecule has 2 atom stereocenters. The van der Waals surface area contributed by atoms with Crippen molar-refractivity contribution >= 4 is 22.5 Å². The summed E-state index contributed by atoms with van der Waals surface area (Å²) in [6.45, 7) is 6.96. The lowest BCUT2D eigenvalue weighted by Gasteiger charge is -2.51. The van der Waals surface area contributed by atoms with Gasteiger partial charge in [-0.05, 0) is 61.1 Å². The molecule has 3 aromatic rings. The van der Waals surface area contributed by atoms with Gasteiger partial charge in [-0.3, -0.25) is 4.90 Å². The second-order valence-corrected chi connectivity index (χ2v) is 8.73. The minimum atomic E-state index is 0.0385. The van der Waals surface area contributed by atoms with Gasteiger partial charge in [0.2, 0.25) is 0 Å². The van der Waals surface area contributed by atoms with Crippen molar-refractivity contribution in [2.75, 3.05) is 19.6 Å². The molecule has 2 unspecified atom stereocenters. The molecule has 144 valence electrons. The molecular weight excluding hydrogens is 368 g/mol. The highest BCUT2D eigenvalue weighted by atomic mass is 35.5. The number of fused-ring (bicyclic) bond motifs is 4. The third-order valence-corrected chi connectivity index (χ3v) is 7.18. The summed E-state index contributed by atoms with van der Waals surface area (Å²) in [6, 6.07) is 14.1. The Hall–Kier alpha value is -2.23. The number of aromatic hydroxyl groups is 1. The number of H-pyrrole nitrogens is 1. The van der Waals surface area contributed by atoms with E-state index in [1.165, 1.54) is 22.2 Å². The number of phenols is 1. The molecule has 2 aromatic carbocycles. The summed E-state index contributed by atoms with van der Waals surface area (Å²) >= 11 is 6.48. The smallest absolute Gasteiger partial charge is 0.115 e. The summed E-state index contributed by atoms with van der Waals surface area (Å²) in [5.41, 5.74) is 5.07. The quantitative estimate of drug-likeness (QED) is 0.610. The summed E-state index contributed by atoms with van der Waals surface area (Å²) < 4.78 is 0. The SMILES string of the molecule is C=CCN1CCC2(c3cccc(O)c3)Cc3[nH]c4c(Cl)cccc4c3CC2C1. The van der Waals surface area contributed by atoms with Crippen molar-refractivity contribution in [2.24, 2.45) is 5.92 Å². The highest BCUT2D eigenvalue weighted by molar-refractivity contribution is 6.35. The highest BCUT2D eigenvalue weighted by Crippen LogP contribution is 2.49. The Balaban J connectivity index is 1.65. The van der Waals surface area contributed by atoms with Crippen LogP contribution in [0.25, 0.3) is 10.9 Å². The van der Waals surface area contributed by atoms with Gasteiger partial charge < -0.3 is 10.1 Å². The largest absolute Gasteiger partial charge is 0.508 e. The van der Waals surface area contributed by atoms with E-state index in [0.717, 1.165) is 49.4 Å². The van der Waals surface area contributed by atoms with Crippen molar-refractivity contribution in [2.45, 2.75) is 24.7 Å². The number of aromatic amines is 1. The van der Waals surface area contributed by atoms with E-state index in [9.17, 15) is 5.11 Å². The predicted molar refractivity (Wildman–Crippen MR) is 115 cm³/mol. The van der Waals surface area contributed by atoms with Gasteiger partial charge in [0.15, 0.2) is 0 Å². The van der Waals surface area contributed by atoms with E-state index in [0.29, 0.717) is 11.7 Å². The van der Waals surface area contributed by atoms with Crippen LogP contribution in [0, 0.1) is 5.92 Å². The van der Waals surface area contributed by atoms with Gasteiger partial charge in [-0.1, -0.05) is 41.9 Å². The van der Waals surface area contributed by atoms with Crippen LogP contribution in [0.3, 0.4) is 0 Å². The van der Waals surface area contributed by atoms with Crippen LogP contribution in [-0.4, -0.2) is 34.6 Å². The van der Waals surface area contributed by atoms with Gasteiger partial charge in [0, 0.05) is 29.6 Å². The Morgan fingerprint density at radius 2 is 2.14 bits per heavy atom. The Bertz CT molecular complexity index is 1060. The molecule has 28 heavy (non-hydrogen) atoms. The topological polar surface area (TPSA) is 39.3 Å². The molecule has 0 spiro atoms. The maximum atomic E-state index is 10.2. The average Bonchev–Trinajstić information content (AvgIpc) is 3.05. The minimum Gasteiger partial charge on any atom is -0.508 e. The number of aromatic nitrogens is 1. The first kappa shape index (κ1) is 17.8. The average molecular weight is 393 g/mol. The van der Waals surface area contributed by atoms with Gasteiger partial charge in [-0.25, -0.2) is 0 Å². The Morgan fingerprint density at radius 3 is 2.96 bits per heavy atom. The lowest BCUT2D eigenvalue weighted by molar-refractivity contribution is 0.0896. The molecule has 0 amide bonds. The Kier molecular flexibility index (Phi) is 4.26. The molecule has 1 aliphatic heterocycles. The van der Waals surface area contributed by atoms with Crippen molar-refractivity contribution in [1.82, 2.24) is 9.88 Å². The molecule has 4 heteroatoms. The first-order valence-electron chi connectivity index (χ1n) is 10.0. The molecule has 1 fully saturated rings. The van der Waals surface area contributed by atoms with E-state index in [2.05, 4.69) is 28.6 Å². The van der Waals surface area contributed by atoms with Crippen LogP contribution in [0.15, 0.2) is 55.1 Å². The zero-order valence-corrected chi connectivity index (χ0v) is 16.7. The van der Waals surface area contributed by atoms with E-state index in [1.807, 2.05) is 30.3 Å². The van der Waals surface area contributed by atoms with Crippen LogP contribution in [-0.2, 0) is 18.3 Å². The van der Waals surface area contributed by atoms with E-state index < -0.39 is 0 Å². The number of rotatable bonds is 3. The van der Waals surface area contributed by atoms with Crippen LogP contribution >= 0.6 is 11.6 Å². The number of hydrogen-bond donors (Lipinski definition) is 2. The summed E-state index contributed by atoms with van der Waals surface area (Å²) in [6.07, 6.45) is 5.07. The third kappa shape index (κ3) is 2.68. The maximum absolute atomic E-state index is 10.2. The molecular formula is C24H25ClN2O. The fourth-order valence-electron chi connectivity index (χ4n) is 5.52. The second-order valence-electron chi connectivity index (χ2n) is 8.33. The summed E-state index contributed by atoms with van der Waals surface area (Å²) in [7, 11) is 0. The molecule has 3 nitrogen and oxygen atoms in total. The van der Waals surface area contributed by atoms with Crippen molar-refractivity contribution < 1.29 is 5.11 Å². The van der Waals surface area contributed by atoms with Gasteiger partial charge in [0.05, 0.1) is 10.5 Å². The lowest BCUT2D eigenvalue weighted by atomic mass is 9.58. The van der Waals surface area contributed by atoms with Gasteiger partial charge >= 0.3 is 0 Å². The second kappa shape index (κ2) is 6.68. The number of hydrogen-bond acceptors (Lipinski definition) is 2. The van der Waals surface area contributed by atoms with Gasteiger partial charge in [0.1, 0.15) is 5.75 Å². The van der Waals surface area contributed by atoms with Crippen LogP contribution in [0.1, 0.15) is 23.2 Å². The third-order valence-electron chi connectivity index (χ3n) is 6.86. The summed E-state index contributed by atoms with van der Waals surface area (Å²) in [4.78, 5) is 6.14. The molecule has 1 aromatic heterocycles.